The normalized spacial score (nSPS) is 13.5. The number of halogens is 18. The van der Waals surface area contributed by atoms with Gasteiger partial charge in [-0.15, -0.1) is 0 Å². The van der Waals surface area contributed by atoms with Crippen molar-refractivity contribution >= 4 is 23.4 Å². The Balaban J connectivity index is 0.000000468. The van der Waals surface area contributed by atoms with E-state index in [-0.39, 0.29) is 51.2 Å². The van der Waals surface area contributed by atoms with Crippen molar-refractivity contribution in [3.05, 3.63) is 203 Å². The van der Waals surface area contributed by atoms with Gasteiger partial charge in [0.2, 0.25) is 17.5 Å². The molecule has 0 spiro atoms. The van der Waals surface area contributed by atoms with Crippen LogP contribution < -0.4 is 13.7 Å². The maximum atomic E-state index is 9.87. The van der Waals surface area contributed by atoms with Crippen LogP contribution in [0.4, 0.5) is 75.5 Å². The van der Waals surface area contributed by atoms with Crippen LogP contribution in [0.5, 0.6) is 0 Å². The quantitative estimate of drug-likeness (QED) is 0.0540. The molecule has 12 nitrogen and oxygen atoms in total. The molecule has 9 rings (SSSR count). The van der Waals surface area contributed by atoms with Crippen LogP contribution >= 0.6 is 23.4 Å². The van der Waals surface area contributed by atoms with Crippen LogP contribution in [0.2, 0.25) is 0 Å². The fourth-order valence-electron chi connectivity index (χ4n) is 4.69. The number of aromatic nitrogens is 12. The molecular formula is C39H30Cu3F18N12P3. The molecule has 0 saturated heterocycles. The zero-order chi connectivity index (χ0) is 53.7. The summed E-state index contributed by atoms with van der Waals surface area (Å²) in [6.45, 7) is 0. The van der Waals surface area contributed by atoms with E-state index >= 15 is 0 Å². The van der Waals surface area contributed by atoms with Gasteiger partial charge in [-0.25, -0.2) is 0 Å². The van der Waals surface area contributed by atoms with Gasteiger partial charge in [0.1, 0.15) is 17.5 Å². The van der Waals surface area contributed by atoms with Gasteiger partial charge >= 0.3 is 150 Å². The second-order valence-electron chi connectivity index (χ2n) is 13.4. The van der Waals surface area contributed by atoms with Gasteiger partial charge in [0.15, 0.2) is 19.0 Å². The number of imidazole rings is 3. The number of pyridine rings is 6. The fourth-order valence-corrected chi connectivity index (χ4v) is 4.69. The van der Waals surface area contributed by atoms with E-state index < -0.39 is 23.4 Å². The molecule has 0 radical (unpaired) electrons. The Kier molecular flexibility index (Phi) is 21.1. The molecule has 0 aromatic carbocycles. The molecule has 0 fully saturated rings. The molecule has 9 aromatic heterocycles. The standard InChI is InChI=1S/3C13H10N4.3Cu.3F6P/c3*1-3-7-14-12(5-1)16-9-10-17(11-16)13-6-2-4-8-15-13;;;;3*1-7(2,3,4,5)6/h3*1-10H;;;;;;/q;;;3*+1;3*-1. The summed E-state index contributed by atoms with van der Waals surface area (Å²) in [4.78, 5) is 25.5. The third-order valence-corrected chi connectivity index (χ3v) is 7.12. The summed E-state index contributed by atoms with van der Waals surface area (Å²) < 4.78 is 189. The number of hydrogen-bond donors (Lipinski definition) is 0. The van der Waals surface area contributed by atoms with Crippen LogP contribution in [0, 0.1) is 19.0 Å². The molecule has 36 heteroatoms. The Hall–Kier alpha value is -5.88. The molecule has 0 amide bonds. The molecule has 0 saturated carbocycles. The first-order chi connectivity index (χ1) is 32.6. The van der Waals surface area contributed by atoms with E-state index in [9.17, 15) is 75.5 Å². The first kappa shape index (κ1) is 67.1. The smallest absolute Gasteiger partial charge is 0.319 e. The van der Waals surface area contributed by atoms with Crippen LogP contribution in [-0.4, -0.2) is 43.6 Å². The van der Waals surface area contributed by atoms with E-state index in [0.29, 0.717) is 0 Å². The first-order valence-electron chi connectivity index (χ1n) is 18.9. The molecule has 0 atom stereocenters. The Labute approximate surface area is 443 Å². The van der Waals surface area contributed by atoms with Crippen molar-refractivity contribution in [2.45, 2.75) is 0 Å². The molecule has 420 valence electrons. The van der Waals surface area contributed by atoms with E-state index in [1.807, 2.05) is 174 Å². The summed E-state index contributed by atoms with van der Waals surface area (Å²) in [5, 5.41) is 0. The third kappa shape index (κ3) is 34.3. The van der Waals surface area contributed by atoms with Crippen LogP contribution in [0.3, 0.4) is 0 Å². The Morgan fingerprint density at radius 1 is 0.293 bits per heavy atom. The SMILES string of the molecule is F[P-](F)(F)(F)(F)F.F[P-](F)(F)(F)(F)F.F[P-](F)(F)(F)(F)F.[Cu+].[Cu+].[Cu+].[c-]1n(-c2ccccn2)cc[n+]1-c1ccccn1.[c-]1n(-c2ccccn2)cc[n+]1-c1ccccn1.[c-]1n(-c2ccccn2)cc[n+]1-c1ccccn1. The molecular weight excluding hydrogens is 1260 g/mol. The largest absolute Gasteiger partial charge is 1.00 e. The van der Waals surface area contributed by atoms with Crippen molar-refractivity contribution < 1.29 is 140 Å². The first-order valence-corrected chi connectivity index (χ1v) is 25.0. The Bertz CT molecular complexity index is 2570. The summed E-state index contributed by atoms with van der Waals surface area (Å²) in [6, 6.07) is 34.6. The zero-order valence-electron chi connectivity index (χ0n) is 36.2. The molecule has 75 heavy (non-hydrogen) atoms. The second kappa shape index (κ2) is 23.6. The maximum absolute atomic E-state index is 10.7. The minimum Gasteiger partial charge on any atom is -0.319 e. The number of rotatable bonds is 6. The van der Waals surface area contributed by atoms with Crippen LogP contribution in [0.15, 0.2) is 184 Å². The molecule has 0 aliphatic heterocycles. The molecule has 9 aromatic rings. The second-order valence-corrected chi connectivity index (χ2v) is 19.2. The predicted octanol–water partition coefficient (Wildman–Crippen LogP) is 14.2. The molecule has 0 bridgehead atoms. The van der Waals surface area contributed by atoms with Crippen molar-refractivity contribution in [2.24, 2.45) is 0 Å². The van der Waals surface area contributed by atoms with Gasteiger partial charge in [-0.05, 0) is 72.8 Å². The fraction of sp³-hybridized carbons (Fsp3) is 0. The minimum absolute atomic E-state index is 0. The van der Waals surface area contributed by atoms with Crippen molar-refractivity contribution in [3.8, 4) is 34.9 Å². The van der Waals surface area contributed by atoms with E-state index in [2.05, 4.69) is 48.9 Å². The Morgan fingerprint density at radius 3 is 0.640 bits per heavy atom. The van der Waals surface area contributed by atoms with Gasteiger partial charge < -0.3 is 27.4 Å². The van der Waals surface area contributed by atoms with Crippen molar-refractivity contribution in [3.63, 3.8) is 0 Å². The molecule has 0 N–H and O–H groups in total. The predicted molar refractivity (Wildman–Crippen MR) is 226 cm³/mol. The third-order valence-electron chi connectivity index (χ3n) is 7.12. The van der Waals surface area contributed by atoms with Gasteiger partial charge in [0.25, 0.3) is 0 Å². The monoisotopic (exact) mass is 1290 g/mol. The average Bonchev–Trinajstić information content (AvgIpc) is 4.09. The zero-order valence-corrected chi connectivity index (χ0v) is 41.7. The van der Waals surface area contributed by atoms with E-state index in [4.69, 9.17) is 0 Å². The number of hydrogen-bond acceptors (Lipinski definition) is 6. The van der Waals surface area contributed by atoms with E-state index in [1.165, 1.54) is 0 Å². The maximum Gasteiger partial charge on any atom is 1.00 e. The molecule has 0 aliphatic carbocycles. The topological polar surface area (TPSA) is 104 Å². The van der Waals surface area contributed by atoms with Crippen LogP contribution in [0.1, 0.15) is 0 Å². The average molecular weight is 1290 g/mol. The number of nitrogens with zero attached hydrogens (tertiary/aromatic N) is 12. The summed E-state index contributed by atoms with van der Waals surface area (Å²) in [5.74, 6) is 5.01. The summed E-state index contributed by atoms with van der Waals surface area (Å²) in [6.07, 6.45) is 31.4. The summed E-state index contributed by atoms with van der Waals surface area (Å²) in [7, 11) is -32.0. The molecule has 0 unspecified atom stereocenters. The van der Waals surface area contributed by atoms with Gasteiger partial charge in [0, 0.05) is 55.8 Å². The van der Waals surface area contributed by atoms with Crippen molar-refractivity contribution in [1.82, 2.24) is 43.6 Å². The molecule has 0 aliphatic rings. The molecule has 9 heterocycles. The summed E-state index contributed by atoms with van der Waals surface area (Å²) in [5.41, 5.74) is 0. The van der Waals surface area contributed by atoms with Crippen LogP contribution in [0.25, 0.3) is 34.9 Å². The van der Waals surface area contributed by atoms with Gasteiger partial charge in [0.05, 0.1) is 18.6 Å². The van der Waals surface area contributed by atoms with E-state index in [0.717, 1.165) is 34.9 Å². The van der Waals surface area contributed by atoms with Crippen LogP contribution in [-0.2, 0) is 51.2 Å². The van der Waals surface area contributed by atoms with Gasteiger partial charge in [-0.2, -0.15) is 15.0 Å². The summed E-state index contributed by atoms with van der Waals surface area (Å²) >= 11 is 0. The van der Waals surface area contributed by atoms with Crippen molar-refractivity contribution in [1.29, 1.82) is 0 Å². The van der Waals surface area contributed by atoms with Gasteiger partial charge in [-0.3, -0.25) is 15.0 Å². The van der Waals surface area contributed by atoms with Crippen molar-refractivity contribution in [2.75, 3.05) is 0 Å². The Morgan fingerprint density at radius 2 is 0.480 bits per heavy atom. The van der Waals surface area contributed by atoms with Gasteiger partial charge in [-0.1, -0.05) is 36.4 Å². The van der Waals surface area contributed by atoms with E-state index in [1.54, 1.807) is 37.2 Å². The minimum atomic E-state index is -10.7.